The van der Waals surface area contributed by atoms with Gasteiger partial charge in [0.25, 0.3) is 0 Å². The molecule has 3 heteroatoms. The first kappa shape index (κ1) is 10.8. The minimum atomic E-state index is 0.487. The molecular formula is C11H19N3. The van der Waals surface area contributed by atoms with Crippen molar-refractivity contribution < 1.29 is 0 Å². The molecule has 1 heterocycles. The summed E-state index contributed by atoms with van der Waals surface area (Å²) in [6.45, 7) is 6.52. The molecule has 0 aromatic carbocycles. The van der Waals surface area contributed by atoms with Crippen LogP contribution in [0.4, 0.5) is 5.82 Å². The molecule has 3 nitrogen and oxygen atoms in total. The van der Waals surface area contributed by atoms with Crippen LogP contribution in [0.1, 0.15) is 39.2 Å². The smallest absolute Gasteiger partial charge is 0.126 e. The van der Waals surface area contributed by atoms with Gasteiger partial charge < -0.3 is 5.73 Å². The summed E-state index contributed by atoms with van der Waals surface area (Å²) in [5, 5.41) is 6.71. The highest BCUT2D eigenvalue weighted by Gasteiger charge is 2.10. The van der Waals surface area contributed by atoms with E-state index in [1.165, 1.54) is 5.57 Å². The van der Waals surface area contributed by atoms with Gasteiger partial charge in [0.15, 0.2) is 0 Å². The Balaban J connectivity index is 2.95. The summed E-state index contributed by atoms with van der Waals surface area (Å²) in [7, 11) is 0. The molecule has 0 unspecified atom stereocenters. The molecule has 0 saturated carbocycles. The third-order valence-corrected chi connectivity index (χ3v) is 2.25. The SMILES string of the molecule is CCC/C=C(\c1cn[nH]c1N)C(C)C. The molecule has 3 N–H and O–H groups in total. The van der Waals surface area contributed by atoms with Crippen LogP contribution >= 0.6 is 0 Å². The number of aromatic nitrogens is 2. The summed E-state index contributed by atoms with van der Waals surface area (Å²) in [5.74, 6) is 1.16. The average Bonchev–Trinajstić information content (AvgIpc) is 2.52. The van der Waals surface area contributed by atoms with Crippen molar-refractivity contribution in [3.8, 4) is 0 Å². The molecule has 14 heavy (non-hydrogen) atoms. The number of nitrogens with zero attached hydrogens (tertiary/aromatic N) is 1. The highest BCUT2D eigenvalue weighted by atomic mass is 15.1. The zero-order chi connectivity index (χ0) is 10.6. The van der Waals surface area contributed by atoms with Gasteiger partial charge in [0.1, 0.15) is 5.82 Å². The zero-order valence-electron chi connectivity index (χ0n) is 9.17. The van der Waals surface area contributed by atoms with Crippen LogP contribution in [0.2, 0.25) is 0 Å². The van der Waals surface area contributed by atoms with Crippen LogP contribution in [-0.4, -0.2) is 10.2 Å². The second-order valence-corrected chi connectivity index (χ2v) is 3.80. The number of unbranched alkanes of at least 4 members (excludes halogenated alkanes) is 1. The number of hydrogen-bond acceptors (Lipinski definition) is 2. The van der Waals surface area contributed by atoms with Crippen LogP contribution in [0.5, 0.6) is 0 Å². The number of nitrogen functional groups attached to an aromatic ring is 1. The lowest BCUT2D eigenvalue weighted by Crippen LogP contribution is -1.97. The fraction of sp³-hybridized carbons (Fsp3) is 0.545. The molecule has 78 valence electrons. The highest BCUT2D eigenvalue weighted by Crippen LogP contribution is 2.26. The minimum Gasteiger partial charge on any atom is -0.384 e. The van der Waals surface area contributed by atoms with E-state index in [1.54, 1.807) is 6.20 Å². The molecule has 0 aliphatic heterocycles. The van der Waals surface area contributed by atoms with Crippen LogP contribution in [0.15, 0.2) is 12.3 Å². The maximum Gasteiger partial charge on any atom is 0.126 e. The van der Waals surface area contributed by atoms with Crippen molar-refractivity contribution in [1.82, 2.24) is 10.2 Å². The molecule has 0 bridgehead atoms. The standard InChI is InChI=1S/C11H19N3/c1-4-5-6-9(8(2)3)10-7-13-14-11(10)12/h6-8H,4-5H2,1-3H3,(H3,12,13,14)/b9-6-. The number of aromatic amines is 1. The molecule has 1 aromatic heterocycles. The molecule has 0 atom stereocenters. The highest BCUT2D eigenvalue weighted by molar-refractivity contribution is 5.73. The van der Waals surface area contributed by atoms with Crippen molar-refractivity contribution in [2.75, 3.05) is 5.73 Å². The van der Waals surface area contributed by atoms with Gasteiger partial charge in [0.05, 0.1) is 6.20 Å². The van der Waals surface area contributed by atoms with E-state index in [0.29, 0.717) is 11.7 Å². The van der Waals surface area contributed by atoms with E-state index in [9.17, 15) is 0 Å². The summed E-state index contributed by atoms with van der Waals surface area (Å²) in [6, 6.07) is 0. The molecule has 0 spiro atoms. The van der Waals surface area contributed by atoms with Gasteiger partial charge in [-0.2, -0.15) is 5.10 Å². The zero-order valence-corrected chi connectivity index (χ0v) is 9.17. The third kappa shape index (κ3) is 2.37. The van der Waals surface area contributed by atoms with Crippen molar-refractivity contribution in [1.29, 1.82) is 0 Å². The lowest BCUT2D eigenvalue weighted by Gasteiger charge is -2.10. The first-order chi connectivity index (χ1) is 6.66. The first-order valence-electron chi connectivity index (χ1n) is 5.16. The van der Waals surface area contributed by atoms with E-state index < -0.39 is 0 Å². The first-order valence-corrected chi connectivity index (χ1v) is 5.16. The summed E-state index contributed by atoms with van der Waals surface area (Å²) in [4.78, 5) is 0. The Kier molecular flexibility index (Phi) is 3.74. The largest absolute Gasteiger partial charge is 0.384 e. The normalized spacial score (nSPS) is 12.4. The summed E-state index contributed by atoms with van der Waals surface area (Å²) >= 11 is 0. The van der Waals surface area contributed by atoms with E-state index in [1.807, 2.05) is 0 Å². The molecule has 0 radical (unpaired) electrons. The Morgan fingerprint density at radius 2 is 2.36 bits per heavy atom. The second-order valence-electron chi connectivity index (χ2n) is 3.80. The van der Waals surface area contributed by atoms with Crippen molar-refractivity contribution in [3.05, 3.63) is 17.8 Å². The van der Waals surface area contributed by atoms with E-state index in [-0.39, 0.29) is 0 Å². The van der Waals surface area contributed by atoms with Crippen molar-refractivity contribution in [2.45, 2.75) is 33.6 Å². The van der Waals surface area contributed by atoms with Crippen LogP contribution in [0.3, 0.4) is 0 Å². The van der Waals surface area contributed by atoms with E-state index in [2.05, 4.69) is 37.0 Å². The number of H-pyrrole nitrogens is 1. The second kappa shape index (κ2) is 4.84. The summed E-state index contributed by atoms with van der Waals surface area (Å²) in [5.41, 5.74) is 8.13. The Morgan fingerprint density at radius 3 is 2.79 bits per heavy atom. The van der Waals surface area contributed by atoms with Gasteiger partial charge in [0, 0.05) is 5.56 Å². The minimum absolute atomic E-state index is 0.487. The van der Waals surface area contributed by atoms with Crippen molar-refractivity contribution >= 4 is 11.4 Å². The molecule has 0 aliphatic rings. The Labute approximate surface area is 85.4 Å². The molecule has 0 fully saturated rings. The number of anilines is 1. The quantitative estimate of drug-likeness (QED) is 0.772. The molecule has 1 aromatic rings. The predicted octanol–water partition coefficient (Wildman–Crippen LogP) is 2.83. The van der Waals surface area contributed by atoms with Crippen molar-refractivity contribution in [2.24, 2.45) is 5.92 Å². The van der Waals surface area contributed by atoms with Gasteiger partial charge in [-0.1, -0.05) is 33.3 Å². The number of rotatable bonds is 4. The summed E-state index contributed by atoms with van der Waals surface area (Å²) in [6.07, 6.45) is 6.31. The number of nitrogens with two attached hydrogens (primary N) is 1. The third-order valence-electron chi connectivity index (χ3n) is 2.25. The van der Waals surface area contributed by atoms with Gasteiger partial charge in [-0.05, 0) is 17.9 Å². The molecular weight excluding hydrogens is 174 g/mol. The maximum atomic E-state index is 5.79. The lowest BCUT2D eigenvalue weighted by atomic mass is 9.96. The summed E-state index contributed by atoms with van der Waals surface area (Å²) < 4.78 is 0. The number of nitrogens with one attached hydrogen (secondary N) is 1. The Hall–Kier alpha value is -1.25. The van der Waals surface area contributed by atoms with E-state index >= 15 is 0 Å². The number of allylic oxidation sites excluding steroid dienone is 2. The van der Waals surface area contributed by atoms with Gasteiger partial charge >= 0.3 is 0 Å². The topological polar surface area (TPSA) is 54.7 Å². The van der Waals surface area contributed by atoms with Crippen LogP contribution in [0, 0.1) is 5.92 Å². The van der Waals surface area contributed by atoms with Gasteiger partial charge in [-0.3, -0.25) is 5.10 Å². The van der Waals surface area contributed by atoms with Crippen LogP contribution in [0.25, 0.3) is 5.57 Å². The predicted molar refractivity (Wildman–Crippen MR) is 60.7 cm³/mol. The van der Waals surface area contributed by atoms with Gasteiger partial charge in [-0.15, -0.1) is 0 Å². The fourth-order valence-corrected chi connectivity index (χ4v) is 1.48. The molecule has 1 rings (SSSR count). The fourth-order valence-electron chi connectivity index (χ4n) is 1.48. The van der Waals surface area contributed by atoms with E-state index in [0.717, 1.165) is 18.4 Å². The van der Waals surface area contributed by atoms with Crippen LogP contribution < -0.4 is 5.73 Å². The van der Waals surface area contributed by atoms with E-state index in [4.69, 9.17) is 5.73 Å². The Morgan fingerprint density at radius 1 is 1.64 bits per heavy atom. The molecule has 0 saturated heterocycles. The monoisotopic (exact) mass is 193 g/mol. The number of hydrogen-bond donors (Lipinski definition) is 2. The van der Waals surface area contributed by atoms with Gasteiger partial charge in [0.2, 0.25) is 0 Å². The molecule has 0 amide bonds. The lowest BCUT2D eigenvalue weighted by molar-refractivity contribution is 0.843. The van der Waals surface area contributed by atoms with Crippen molar-refractivity contribution in [3.63, 3.8) is 0 Å². The average molecular weight is 193 g/mol. The Bertz CT molecular complexity index is 310. The van der Waals surface area contributed by atoms with Crippen LogP contribution in [-0.2, 0) is 0 Å². The maximum absolute atomic E-state index is 5.79. The molecule has 0 aliphatic carbocycles. The van der Waals surface area contributed by atoms with Gasteiger partial charge in [-0.25, -0.2) is 0 Å².